The second-order valence-corrected chi connectivity index (χ2v) is 6.77. The lowest BCUT2D eigenvalue weighted by molar-refractivity contribution is -0.230. The normalized spacial score (nSPS) is 37.0. The summed E-state index contributed by atoms with van der Waals surface area (Å²) in [5.74, 6) is -0.102. The molecule has 2 bridgehead atoms. The van der Waals surface area contributed by atoms with Crippen LogP contribution in [0.15, 0.2) is 30.3 Å². The van der Waals surface area contributed by atoms with E-state index < -0.39 is 5.54 Å². The third-order valence-electron chi connectivity index (χ3n) is 5.63. The maximum atomic E-state index is 12.7. The van der Waals surface area contributed by atoms with E-state index in [9.17, 15) is 4.79 Å². The van der Waals surface area contributed by atoms with Crippen LogP contribution >= 0.6 is 0 Å². The molecule has 0 spiro atoms. The molecule has 22 heavy (non-hydrogen) atoms. The highest BCUT2D eigenvalue weighted by Gasteiger charge is 2.66. The van der Waals surface area contributed by atoms with E-state index in [1.807, 2.05) is 18.1 Å². The van der Waals surface area contributed by atoms with Crippen LogP contribution in [0.1, 0.15) is 51.0 Å². The Morgan fingerprint density at radius 3 is 2.91 bits per heavy atom. The molecular formula is C18H23NO3. The lowest BCUT2D eigenvalue weighted by Gasteiger charge is -2.39. The first-order valence-electron chi connectivity index (χ1n) is 8.41. The van der Waals surface area contributed by atoms with Gasteiger partial charge in [0.25, 0.3) is 0 Å². The SMILES string of the molecule is CCOC(=O)[C@@]12CCC[C@H]3C[C@@](c4ccccc4)(CC1)N2O3. The molecule has 4 rings (SSSR count). The van der Waals surface area contributed by atoms with Crippen molar-refractivity contribution in [3.05, 3.63) is 35.9 Å². The van der Waals surface area contributed by atoms with Gasteiger partial charge in [0.2, 0.25) is 0 Å². The molecule has 0 unspecified atom stereocenters. The van der Waals surface area contributed by atoms with E-state index in [1.165, 1.54) is 5.56 Å². The Morgan fingerprint density at radius 2 is 2.14 bits per heavy atom. The number of fused-ring (bicyclic) bond motifs is 1. The number of benzene rings is 1. The minimum atomic E-state index is -0.586. The number of carbonyl (C=O) groups is 1. The van der Waals surface area contributed by atoms with Gasteiger partial charge in [0.15, 0.2) is 0 Å². The Morgan fingerprint density at radius 1 is 1.32 bits per heavy atom. The predicted octanol–water partition coefficient (Wildman–Crippen LogP) is 3.17. The molecule has 3 atom stereocenters. The van der Waals surface area contributed by atoms with Crippen LogP contribution in [0.25, 0.3) is 0 Å². The zero-order valence-corrected chi connectivity index (χ0v) is 13.1. The Hall–Kier alpha value is -1.39. The lowest BCUT2D eigenvalue weighted by Crippen LogP contribution is -2.54. The minimum absolute atomic E-state index is 0.102. The number of carbonyl (C=O) groups excluding carboxylic acids is 1. The number of hydrogen-bond donors (Lipinski definition) is 0. The first-order chi connectivity index (χ1) is 10.7. The van der Waals surface area contributed by atoms with Gasteiger partial charge in [0, 0.05) is 6.42 Å². The van der Waals surface area contributed by atoms with Gasteiger partial charge in [-0.15, -0.1) is 0 Å². The number of ether oxygens (including phenoxy) is 1. The van der Waals surface area contributed by atoms with Gasteiger partial charge in [-0.05, 0) is 44.6 Å². The summed E-state index contributed by atoms with van der Waals surface area (Å²) in [5, 5.41) is 2.05. The molecule has 0 N–H and O–H groups in total. The molecule has 0 radical (unpaired) electrons. The summed E-state index contributed by atoms with van der Waals surface area (Å²) < 4.78 is 5.43. The predicted molar refractivity (Wildman–Crippen MR) is 81.9 cm³/mol. The van der Waals surface area contributed by atoms with Crippen LogP contribution in [0.2, 0.25) is 0 Å². The summed E-state index contributed by atoms with van der Waals surface area (Å²) in [6.45, 7) is 2.30. The third kappa shape index (κ3) is 1.80. The van der Waals surface area contributed by atoms with Gasteiger partial charge < -0.3 is 4.74 Å². The summed E-state index contributed by atoms with van der Waals surface area (Å²) >= 11 is 0. The zero-order valence-electron chi connectivity index (χ0n) is 13.1. The Kier molecular flexibility index (Phi) is 3.27. The molecule has 3 aliphatic rings. The zero-order chi connectivity index (χ0) is 15.2. The number of esters is 1. The van der Waals surface area contributed by atoms with Crippen LogP contribution in [-0.4, -0.2) is 29.3 Å². The molecule has 118 valence electrons. The average molecular weight is 301 g/mol. The standard InChI is InChI=1S/C18H23NO3/c1-2-21-16(20)17-10-6-9-15-13-18(12-11-17,19(17)22-15)14-7-4-3-5-8-14/h3-5,7-8,15H,2,6,9-13H2,1H3/t15-,17+,18+/m0/s1. The van der Waals surface area contributed by atoms with E-state index in [1.54, 1.807) is 0 Å². The van der Waals surface area contributed by atoms with Crippen LogP contribution in [-0.2, 0) is 19.9 Å². The van der Waals surface area contributed by atoms with Crippen LogP contribution in [0.4, 0.5) is 0 Å². The highest BCUT2D eigenvalue weighted by molar-refractivity contribution is 5.81. The van der Waals surface area contributed by atoms with Gasteiger partial charge in [-0.25, -0.2) is 4.79 Å². The van der Waals surface area contributed by atoms with Gasteiger partial charge in [-0.1, -0.05) is 30.3 Å². The molecule has 1 aromatic carbocycles. The molecule has 0 saturated carbocycles. The first-order valence-corrected chi connectivity index (χ1v) is 8.41. The van der Waals surface area contributed by atoms with E-state index in [4.69, 9.17) is 9.57 Å². The van der Waals surface area contributed by atoms with Crippen molar-refractivity contribution < 1.29 is 14.4 Å². The molecule has 0 amide bonds. The molecule has 4 nitrogen and oxygen atoms in total. The van der Waals surface area contributed by atoms with Crippen molar-refractivity contribution in [3.8, 4) is 0 Å². The van der Waals surface area contributed by atoms with Crippen molar-refractivity contribution >= 4 is 5.97 Å². The number of hydroxylamine groups is 2. The maximum Gasteiger partial charge on any atom is 0.328 e. The highest BCUT2D eigenvalue weighted by atomic mass is 16.7. The fourth-order valence-electron chi connectivity index (χ4n) is 4.66. The van der Waals surface area contributed by atoms with Gasteiger partial charge in [0.1, 0.15) is 5.54 Å². The van der Waals surface area contributed by atoms with Gasteiger partial charge in [-0.2, -0.15) is 5.06 Å². The van der Waals surface area contributed by atoms with Gasteiger partial charge in [-0.3, -0.25) is 4.84 Å². The molecule has 0 aromatic heterocycles. The minimum Gasteiger partial charge on any atom is -0.465 e. The summed E-state index contributed by atoms with van der Waals surface area (Å²) in [5.41, 5.74) is 0.529. The monoisotopic (exact) mass is 301 g/mol. The van der Waals surface area contributed by atoms with Gasteiger partial charge >= 0.3 is 5.97 Å². The molecule has 0 aliphatic carbocycles. The molecule has 3 saturated heterocycles. The summed E-state index contributed by atoms with van der Waals surface area (Å²) in [7, 11) is 0. The van der Waals surface area contributed by atoms with Gasteiger partial charge in [0.05, 0.1) is 18.2 Å². The largest absolute Gasteiger partial charge is 0.465 e. The smallest absolute Gasteiger partial charge is 0.328 e. The number of rotatable bonds is 3. The van der Waals surface area contributed by atoms with Crippen molar-refractivity contribution in [3.63, 3.8) is 0 Å². The van der Waals surface area contributed by atoms with Crippen molar-refractivity contribution in [2.75, 3.05) is 6.61 Å². The maximum absolute atomic E-state index is 12.7. The summed E-state index contributed by atoms with van der Waals surface area (Å²) in [4.78, 5) is 19.0. The van der Waals surface area contributed by atoms with E-state index in [0.717, 1.165) is 38.5 Å². The van der Waals surface area contributed by atoms with Crippen molar-refractivity contribution in [2.24, 2.45) is 0 Å². The van der Waals surface area contributed by atoms with E-state index in [-0.39, 0.29) is 17.6 Å². The Balaban J connectivity index is 1.79. The van der Waals surface area contributed by atoms with Crippen molar-refractivity contribution in [1.82, 2.24) is 5.06 Å². The van der Waals surface area contributed by atoms with Crippen LogP contribution < -0.4 is 0 Å². The second kappa shape index (κ2) is 5.07. The second-order valence-electron chi connectivity index (χ2n) is 6.77. The molecule has 3 aliphatic heterocycles. The van der Waals surface area contributed by atoms with E-state index >= 15 is 0 Å². The summed E-state index contributed by atoms with van der Waals surface area (Å²) in [6, 6.07) is 10.5. The van der Waals surface area contributed by atoms with Crippen molar-refractivity contribution in [1.29, 1.82) is 0 Å². The average Bonchev–Trinajstić information content (AvgIpc) is 3.00. The molecule has 1 aromatic rings. The fraction of sp³-hybridized carbons (Fsp3) is 0.611. The first kappa shape index (κ1) is 14.2. The number of nitrogens with zero attached hydrogens (tertiary/aromatic N) is 1. The Bertz CT molecular complexity index is 575. The van der Waals surface area contributed by atoms with Crippen LogP contribution in [0.3, 0.4) is 0 Å². The van der Waals surface area contributed by atoms with E-state index in [0.29, 0.717) is 6.61 Å². The quantitative estimate of drug-likeness (QED) is 0.804. The van der Waals surface area contributed by atoms with Crippen LogP contribution in [0.5, 0.6) is 0 Å². The summed E-state index contributed by atoms with van der Waals surface area (Å²) in [6.07, 6.45) is 5.92. The topological polar surface area (TPSA) is 38.8 Å². The Labute approximate surface area is 131 Å². The van der Waals surface area contributed by atoms with Crippen LogP contribution in [0, 0.1) is 0 Å². The molecule has 3 heterocycles. The third-order valence-corrected chi connectivity index (χ3v) is 5.63. The fourth-order valence-corrected chi connectivity index (χ4v) is 4.66. The molecule has 4 heteroatoms. The van der Waals surface area contributed by atoms with E-state index in [2.05, 4.69) is 24.3 Å². The highest BCUT2D eigenvalue weighted by Crippen LogP contribution is 2.58. The lowest BCUT2D eigenvalue weighted by atomic mass is 9.83. The van der Waals surface area contributed by atoms with Crippen molar-refractivity contribution in [2.45, 2.75) is 62.6 Å². The molecular weight excluding hydrogens is 278 g/mol. The number of hydrogen-bond acceptors (Lipinski definition) is 4. The molecule has 3 fully saturated rings.